The van der Waals surface area contributed by atoms with Crippen LogP contribution in [0.25, 0.3) is 0 Å². The zero-order valence-corrected chi connectivity index (χ0v) is 14.6. The molecular weight excluding hydrogens is 331 g/mol. The number of sulfonamides is 1. The summed E-state index contributed by atoms with van der Waals surface area (Å²) in [4.78, 5) is 14.6. The lowest BCUT2D eigenvalue weighted by atomic mass is 9.98. The number of benzene rings is 1. The quantitative estimate of drug-likeness (QED) is 0.836. The summed E-state index contributed by atoms with van der Waals surface area (Å²) in [6, 6.07) is 4.14. The largest absolute Gasteiger partial charge is 0.341 e. The average molecular weight is 354 g/mol. The Morgan fingerprint density at radius 1 is 1.08 bits per heavy atom. The number of nitrogens with zero attached hydrogens (tertiary/aromatic N) is 2. The van der Waals surface area contributed by atoms with Crippen molar-refractivity contribution in [2.24, 2.45) is 5.92 Å². The number of hydrogen-bond acceptors (Lipinski definition) is 3. The number of amides is 1. The van der Waals surface area contributed by atoms with E-state index in [1.54, 1.807) is 4.90 Å². The van der Waals surface area contributed by atoms with E-state index in [0.717, 1.165) is 25.0 Å². The van der Waals surface area contributed by atoms with E-state index in [-0.39, 0.29) is 10.8 Å². The fraction of sp³-hybridized carbons (Fsp3) is 0.588. The SMILES string of the molecule is CC1CCN(C(=O)C2CCCN2S(=O)(=O)c2ccc(F)cc2)CC1. The van der Waals surface area contributed by atoms with Gasteiger partial charge in [-0.3, -0.25) is 4.79 Å². The van der Waals surface area contributed by atoms with Gasteiger partial charge in [0.25, 0.3) is 0 Å². The van der Waals surface area contributed by atoms with Crippen molar-refractivity contribution in [3.8, 4) is 0 Å². The number of halogens is 1. The van der Waals surface area contributed by atoms with Gasteiger partial charge in [-0.1, -0.05) is 6.92 Å². The molecule has 0 radical (unpaired) electrons. The lowest BCUT2D eigenvalue weighted by Gasteiger charge is -2.34. The first-order chi connectivity index (χ1) is 11.4. The van der Waals surface area contributed by atoms with Crippen LogP contribution in [-0.2, 0) is 14.8 Å². The van der Waals surface area contributed by atoms with Gasteiger partial charge in [0.05, 0.1) is 4.90 Å². The second-order valence-electron chi connectivity index (χ2n) is 6.74. The summed E-state index contributed by atoms with van der Waals surface area (Å²) in [6.07, 6.45) is 3.14. The average Bonchev–Trinajstić information content (AvgIpc) is 3.06. The van der Waals surface area contributed by atoms with Gasteiger partial charge >= 0.3 is 0 Å². The zero-order valence-electron chi connectivity index (χ0n) is 13.8. The summed E-state index contributed by atoms with van der Waals surface area (Å²) in [5.41, 5.74) is 0. The standard InChI is InChI=1S/C17H23FN2O3S/c1-13-8-11-19(12-9-13)17(21)16-3-2-10-20(16)24(22,23)15-6-4-14(18)5-7-15/h4-7,13,16H,2-3,8-12H2,1H3. The molecule has 0 spiro atoms. The summed E-state index contributed by atoms with van der Waals surface area (Å²) in [6.45, 7) is 3.89. The van der Waals surface area contributed by atoms with Crippen LogP contribution in [0.2, 0.25) is 0 Å². The van der Waals surface area contributed by atoms with Gasteiger partial charge in [0.15, 0.2) is 0 Å². The van der Waals surface area contributed by atoms with E-state index in [0.29, 0.717) is 38.4 Å². The van der Waals surface area contributed by atoms with E-state index < -0.39 is 21.9 Å². The Labute approximate surface area is 142 Å². The number of likely N-dealkylation sites (tertiary alicyclic amines) is 1. The van der Waals surface area contributed by atoms with E-state index in [1.165, 1.54) is 16.4 Å². The molecule has 5 nitrogen and oxygen atoms in total. The molecule has 2 fully saturated rings. The van der Waals surface area contributed by atoms with Crippen molar-refractivity contribution in [1.29, 1.82) is 0 Å². The Morgan fingerprint density at radius 3 is 2.33 bits per heavy atom. The van der Waals surface area contributed by atoms with E-state index in [2.05, 4.69) is 6.92 Å². The van der Waals surface area contributed by atoms with Gasteiger partial charge in [-0.05, 0) is 55.9 Å². The van der Waals surface area contributed by atoms with Crippen LogP contribution in [0, 0.1) is 11.7 Å². The third kappa shape index (κ3) is 3.32. The minimum atomic E-state index is -3.78. The number of rotatable bonds is 3. The van der Waals surface area contributed by atoms with E-state index >= 15 is 0 Å². The monoisotopic (exact) mass is 354 g/mol. The molecule has 2 aliphatic rings. The molecule has 1 unspecified atom stereocenters. The third-order valence-corrected chi connectivity index (χ3v) is 6.93. The van der Waals surface area contributed by atoms with Crippen molar-refractivity contribution in [2.75, 3.05) is 19.6 Å². The molecule has 3 rings (SSSR count). The third-order valence-electron chi connectivity index (χ3n) is 5.00. The van der Waals surface area contributed by atoms with Crippen molar-refractivity contribution >= 4 is 15.9 Å². The molecule has 2 saturated heterocycles. The van der Waals surface area contributed by atoms with Crippen molar-refractivity contribution in [3.63, 3.8) is 0 Å². The first kappa shape index (κ1) is 17.4. The highest BCUT2D eigenvalue weighted by Gasteiger charge is 2.41. The normalized spacial score (nSPS) is 23.6. The van der Waals surface area contributed by atoms with Crippen LogP contribution in [0.4, 0.5) is 4.39 Å². The van der Waals surface area contributed by atoms with Crippen LogP contribution in [0.5, 0.6) is 0 Å². The molecule has 7 heteroatoms. The molecule has 0 aromatic heterocycles. The van der Waals surface area contributed by atoms with Crippen molar-refractivity contribution < 1.29 is 17.6 Å². The lowest BCUT2D eigenvalue weighted by molar-refractivity contribution is -0.135. The molecule has 0 aliphatic carbocycles. The molecule has 24 heavy (non-hydrogen) atoms. The summed E-state index contributed by atoms with van der Waals surface area (Å²) in [5.74, 6) is 0.0344. The molecule has 1 aromatic carbocycles. The predicted molar refractivity (Wildman–Crippen MR) is 88.3 cm³/mol. The molecule has 1 atom stereocenters. The van der Waals surface area contributed by atoms with Crippen LogP contribution in [0.15, 0.2) is 29.2 Å². The van der Waals surface area contributed by atoms with E-state index in [4.69, 9.17) is 0 Å². The fourth-order valence-corrected chi connectivity index (χ4v) is 5.11. The number of carbonyl (C=O) groups is 1. The molecule has 0 bridgehead atoms. The second kappa shape index (κ2) is 6.80. The van der Waals surface area contributed by atoms with Crippen molar-refractivity contribution in [2.45, 2.75) is 43.5 Å². The molecule has 1 amide bonds. The smallest absolute Gasteiger partial charge is 0.243 e. The summed E-state index contributed by atoms with van der Waals surface area (Å²) < 4.78 is 40.0. The van der Waals surface area contributed by atoms with Gasteiger partial charge < -0.3 is 4.90 Å². The molecule has 1 aromatic rings. The maximum atomic E-state index is 13.1. The van der Waals surface area contributed by atoms with E-state index in [1.807, 2.05) is 0 Å². The highest BCUT2D eigenvalue weighted by atomic mass is 32.2. The number of carbonyl (C=O) groups excluding carboxylic acids is 1. The second-order valence-corrected chi connectivity index (χ2v) is 8.63. The Balaban J connectivity index is 1.79. The first-order valence-corrected chi connectivity index (χ1v) is 9.90. The Kier molecular flexibility index (Phi) is 4.92. The van der Waals surface area contributed by atoms with Gasteiger partial charge in [0.1, 0.15) is 11.9 Å². The summed E-state index contributed by atoms with van der Waals surface area (Å²) in [5, 5.41) is 0. The lowest BCUT2D eigenvalue weighted by Crippen LogP contribution is -2.49. The fourth-order valence-electron chi connectivity index (χ4n) is 3.46. The van der Waals surface area contributed by atoms with Gasteiger partial charge in [0.2, 0.25) is 15.9 Å². The van der Waals surface area contributed by atoms with Gasteiger partial charge in [-0.25, -0.2) is 12.8 Å². The van der Waals surface area contributed by atoms with Gasteiger partial charge in [-0.15, -0.1) is 0 Å². The van der Waals surface area contributed by atoms with E-state index in [9.17, 15) is 17.6 Å². The predicted octanol–water partition coefficient (Wildman–Crippen LogP) is 2.24. The van der Waals surface area contributed by atoms with Crippen LogP contribution >= 0.6 is 0 Å². The minimum absolute atomic E-state index is 0.0378. The highest BCUT2D eigenvalue weighted by molar-refractivity contribution is 7.89. The maximum absolute atomic E-state index is 13.1. The van der Waals surface area contributed by atoms with Crippen molar-refractivity contribution in [1.82, 2.24) is 9.21 Å². The van der Waals surface area contributed by atoms with Crippen LogP contribution < -0.4 is 0 Å². The van der Waals surface area contributed by atoms with Crippen molar-refractivity contribution in [3.05, 3.63) is 30.1 Å². The Hall–Kier alpha value is -1.47. The van der Waals surface area contributed by atoms with Crippen LogP contribution in [-0.4, -0.2) is 49.2 Å². The maximum Gasteiger partial charge on any atom is 0.243 e. The summed E-state index contributed by atoms with van der Waals surface area (Å²) in [7, 11) is -3.78. The number of piperidine rings is 1. The molecule has 0 N–H and O–H groups in total. The molecule has 0 saturated carbocycles. The summed E-state index contributed by atoms with van der Waals surface area (Å²) >= 11 is 0. The topological polar surface area (TPSA) is 57.7 Å². The van der Waals surface area contributed by atoms with Crippen LogP contribution in [0.3, 0.4) is 0 Å². The molecular formula is C17H23FN2O3S. The first-order valence-electron chi connectivity index (χ1n) is 8.46. The molecule has 132 valence electrons. The zero-order chi connectivity index (χ0) is 17.3. The molecule has 2 heterocycles. The minimum Gasteiger partial charge on any atom is -0.341 e. The van der Waals surface area contributed by atoms with Gasteiger partial charge in [0, 0.05) is 19.6 Å². The Bertz CT molecular complexity index is 697. The highest BCUT2D eigenvalue weighted by Crippen LogP contribution is 2.28. The van der Waals surface area contributed by atoms with Gasteiger partial charge in [-0.2, -0.15) is 4.31 Å². The number of hydrogen-bond donors (Lipinski definition) is 0. The molecule has 2 aliphatic heterocycles. The van der Waals surface area contributed by atoms with Crippen LogP contribution in [0.1, 0.15) is 32.6 Å². The Morgan fingerprint density at radius 2 is 1.71 bits per heavy atom.